The van der Waals surface area contributed by atoms with E-state index in [-0.39, 0.29) is 6.04 Å². The number of rotatable bonds is 4. The highest BCUT2D eigenvalue weighted by molar-refractivity contribution is 9.10. The molecule has 1 atom stereocenters. The maximum atomic E-state index is 13.1. The Labute approximate surface area is 165 Å². The predicted octanol–water partition coefficient (Wildman–Crippen LogP) is 3.49. The summed E-state index contributed by atoms with van der Waals surface area (Å²) in [5.41, 5.74) is 0.152. The first-order valence-corrected chi connectivity index (χ1v) is 9.76. The van der Waals surface area contributed by atoms with Gasteiger partial charge in [-0.2, -0.15) is 0 Å². The van der Waals surface area contributed by atoms with Crippen molar-refractivity contribution >= 4 is 39.2 Å². The summed E-state index contributed by atoms with van der Waals surface area (Å²) in [6.45, 7) is 2.04. The fraction of sp³-hybridized carbons (Fsp3) is 0.300. The average molecular weight is 430 g/mol. The van der Waals surface area contributed by atoms with Gasteiger partial charge in [0.2, 0.25) is 0 Å². The molecule has 2 aromatic carbocycles. The van der Waals surface area contributed by atoms with E-state index in [9.17, 15) is 14.7 Å². The van der Waals surface area contributed by atoms with Crippen molar-refractivity contribution in [3.63, 3.8) is 0 Å². The second kappa shape index (κ2) is 6.65. The van der Waals surface area contributed by atoms with E-state index in [1.54, 1.807) is 30.3 Å². The Morgan fingerprint density at radius 3 is 2.63 bits per heavy atom. The summed E-state index contributed by atoms with van der Waals surface area (Å²) in [6.07, 6.45) is 2.61. The topological polar surface area (TPSA) is 81.7 Å². The van der Waals surface area contributed by atoms with Crippen molar-refractivity contribution in [1.82, 2.24) is 5.32 Å². The summed E-state index contributed by atoms with van der Waals surface area (Å²) in [5, 5.41) is 17.2. The predicted molar refractivity (Wildman–Crippen MR) is 107 cm³/mol. The first kappa shape index (κ1) is 18.0. The average Bonchev–Trinajstić information content (AvgIpc) is 3.47. The highest BCUT2D eigenvalue weighted by Crippen LogP contribution is 2.41. The minimum Gasteiger partial charge on any atom is -0.359 e. The molecule has 1 saturated carbocycles. The molecule has 0 unspecified atom stereocenters. The van der Waals surface area contributed by atoms with Gasteiger partial charge in [-0.3, -0.25) is 9.69 Å². The molecule has 1 heterocycles. The summed E-state index contributed by atoms with van der Waals surface area (Å²) >= 11 is 3.39. The van der Waals surface area contributed by atoms with E-state index < -0.39 is 17.7 Å². The van der Waals surface area contributed by atoms with E-state index in [0.29, 0.717) is 21.4 Å². The van der Waals surface area contributed by atoms with Crippen LogP contribution in [0.1, 0.15) is 30.9 Å². The summed E-state index contributed by atoms with van der Waals surface area (Å²) in [5.74, 6) is -0.598. The number of carbonyl (C=O) groups excluding carboxylic acids is 2. The summed E-state index contributed by atoms with van der Waals surface area (Å²) in [6, 6.07) is 11.8. The van der Waals surface area contributed by atoms with Crippen molar-refractivity contribution in [2.45, 2.75) is 38.0 Å². The molecular formula is C20H20BrN3O3. The molecule has 0 spiro atoms. The first-order valence-electron chi connectivity index (χ1n) is 8.97. The Hall–Kier alpha value is -2.38. The zero-order valence-corrected chi connectivity index (χ0v) is 16.4. The molecule has 140 valence electrons. The quantitative estimate of drug-likeness (QED) is 0.695. The van der Waals surface area contributed by atoms with E-state index in [0.717, 1.165) is 29.7 Å². The number of aliphatic hydroxyl groups is 1. The van der Waals surface area contributed by atoms with Gasteiger partial charge in [0.05, 0.1) is 5.69 Å². The molecule has 7 heteroatoms. The molecule has 0 bridgehead atoms. The second-order valence-corrected chi connectivity index (χ2v) is 7.81. The molecular weight excluding hydrogens is 410 g/mol. The molecule has 0 aromatic heterocycles. The Morgan fingerprint density at radius 2 is 2.00 bits per heavy atom. The van der Waals surface area contributed by atoms with Gasteiger partial charge in [0.15, 0.2) is 0 Å². The number of anilines is 2. The molecule has 27 heavy (non-hydrogen) atoms. The van der Waals surface area contributed by atoms with Crippen LogP contribution in [0.15, 0.2) is 46.9 Å². The van der Waals surface area contributed by atoms with Crippen LogP contribution in [0.3, 0.4) is 0 Å². The molecule has 2 aliphatic rings. The van der Waals surface area contributed by atoms with Gasteiger partial charge in [0, 0.05) is 21.8 Å². The van der Waals surface area contributed by atoms with Crippen LogP contribution in [-0.4, -0.2) is 23.1 Å². The molecule has 4 rings (SSSR count). The number of nitrogens with zero attached hydrogens (tertiary/aromatic N) is 1. The number of carbonyl (C=O) groups is 2. The summed E-state index contributed by atoms with van der Waals surface area (Å²) < 4.78 is 0.705. The molecule has 3 N–H and O–H groups in total. The zero-order chi connectivity index (χ0) is 19.2. The van der Waals surface area contributed by atoms with E-state index in [2.05, 4.69) is 26.6 Å². The van der Waals surface area contributed by atoms with Crippen LogP contribution in [0.25, 0.3) is 0 Å². The van der Waals surface area contributed by atoms with Crippen molar-refractivity contribution in [1.29, 1.82) is 0 Å². The lowest BCUT2D eigenvalue weighted by atomic mass is 9.94. The van der Waals surface area contributed by atoms with E-state index in [4.69, 9.17) is 0 Å². The molecule has 1 aliphatic heterocycles. The number of urea groups is 1. The molecule has 1 aliphatic carbocycles. The minimum absolute atomic E-state index is 0.0476. The first-order chi connectivity index (χ1) is 12.9. The molecule has 2 aromatic rings. The summed E-state index contributed by atoms with van der Waals surface area (Å²) in [4.78, 5) is 27.1. The number of hydrogen-bond acceptors (Lipinski definition) is 3. The molecule has 6 nitrogen and oxygen atoms in total. The SMILES string of the molecule is CCc1ccc(N2C(=O)Nc3ccc(Br)cc3[C@@]2(O)C(=O)NC2CC2)cc1. The van der Waals surface area contributed by atoms with Crippen LogP contribution in [-0.2, 0) is 16.9 Å². The fourth-order valence-electron chi connectivity index (χ4n) is 3.27. The third-order valence-electron chi connectivity index (χ3n) is 4.96. The van der Waals surface area contributed by atoms with Crippen molar-refractivity contribution < 1.29 is 14.7 Å². The molecule has 0 saturated heterocycles. The number of benzene rings is 2. The van der Waals surface area contributed by atoms with Gasteiger partial charge in [-0.1, -0.05) is 35.0 Å². The zero-order valence-electron chi connectivity index (χ0n) is 14.8. The fourth-order valence-corrected chi connectivity index (χ4v) is 3.64. The number of amides is 3. The third-order valence-corrected chi connectivity index (χ3v) is 5.45. The maximum absolute atomic E-state index is 13.1. The Kier molecular flexibility index (Phi) is 4.44. The van der Waals surface area contributed by atoms with Crippen molar-refractivity contribution in [3.8, 4) is 0 Å². The van der Waals surface area contributed by atoms with Crippen molar-refractivity contribution in [2.75, 3.05) is 10.2 Å². The molecule has 0 radical (unpaired) electrons. The Balaban J connectivity index is 1.86. The van der Waals surface area contributed by atoms with E-state index in [1.807, 2.05) is 19.1 Å². The van der Waals surface area contributed by atoms with Gasteiger partial charge in [-0.15, -0.1) is 0 Å². The van der Waals surface area contributed by atoms with Crippen LogP contribution in [0.4, 0.5) is 16.2 Å². The third kappa shape index (κ3) is 3.11. The van der Waals surface area contributed by atoms with Crippen molar-refractivity contribution in [3.05, 3.63) is 58.1 Å². The van der Waals surface area contributed by atoms with E-state index >= 15 is 0 Å². The Bertz CT molecular complexity index is 911. The lowest BCUT2D eigenvalue weighted by Gasteiger charge is -2.42. The van der Waals surface area contributed by atoms with Crippen LogP contribution in [0.2, 0.25) is 0 Å². The van der Waals surface area contributed by atoms with Crippen LogP contribution in [0.5, 0.6) is 0 Å². The van der Waals surface area contributed by atoms with Gasteiger partial charge >= 0.3 is 6.03 Å². The van der Waals surface area contributed by atoms with Crippen LogP contribution < -0.4 is 15.5 Å². The van der Waals surface area contributed by atoms with Gasteiger partial charge in [-0.25, -0.2) is 4.79 Å². The number of hydrogen-bond donors (Lipinski definition) is 3. The van der Waals surface area contributed by atoms with E-state index in [1.165, 1.54) is 0 Å². The largest absolute Gasteiger partial charge is 0.359 e. The van der Waals surface area contributed by atoms with Crippen LogP contribution >= 0.6 is 15.9 Å². The van der Waals surface area contributed by atoms with Gasteiger partial charge < -0.3 is 15.7 Å². The monoisotopic (exact) mass is 429 g/mol. The smallest absolute Gasteiger partial charge is 0.329 e. The number of fused-ring (bicyclic) bond motifs is 1. The van der Waals surface area contributed by atoms with Gasteiger partial charge in [0.1, 0.15) is 0 Å². The lowest BCUT2D eigenvalue weighted by molar-refractivity contribution is -0.140. The number of nitrogens with one attached hydrogen (secondary N) is 2. The maximum Gasteiger partial charge on any atom is 0.329 e. The lowest BCUT2D eigenvalue weighted by Crippen LogP contribution is -2.62. The second-order valence-electron chi connectivity index (χ2n) is 6.90. The highest BCUT2D eigenvalue weighted by atomic mass is 79.9. The Morgan fingerprint density at radius 1 is 1.30 bits per heavy atom. The van der Waals surface area contributed by atoms with Gasteiger partial charge in [0.25, 0.3) is 11.6 Å². The standard InChI is InChI=1S/C20H20BrN3O3/c1-2-12-3-8-15(9-4-12)24-19(26)23-17-10-5-13(21)11-16(17)20(24,27)18(25)22-14-6-7-14/h3-5,8-11,14,27H,2,6-7H2,1H3,(H,22,25)(H,23,26)/t20-/m1/s1. The van der Waals surface area contributed by atoms with Crippen LogP contribution in [0, 0.1) is 0 Å². The summed E-state index contributed by atoms with van der Waals surface area (Å²) in [7, 11) is 0. The minimum atomic E-state index is -2.14. The number of halogens is 1. The normalized spacial score (nSPS) is 21.4. The molecule has 1 fully saturated rings. The molecule has 3 amide bonds. The number of aryl methyl sites for hydroxylation is 1. The highest BCUT2D eigenvalue weighted by Gasteiger charge is 2.53. The van der Waals surface area contributed by atoms with Crippen molar-refractivity contribution in [2.24, 2.45) is 0 Å². The van der Waals surface area contributed by atoms with Gasteiger partial charge in [-0.05, 0) is 55.2 Å².